The molecule has 1 aromatic heterocycles. The summed E-state index contributed by atoms with van der Waals surface area (Å²) in [6, 6.07) is 1.51. The number of ether oxygens (including phenoxy) is 2. The van der Waals surface area contributed by atoms with E-state index in [-0.39, 0.29) is 17.2 Å². The normalized spacial score (nSPS) is 9.59. The summed E-state index contributed by atoms with van der Waals surface area (Å²) in [5.41, 5.74) is 0.0291. The van der Waals surface area contributed by atoms with Gasteiger partial charge in [0.25, 0.3) is 5.91 Å². The second-order valence-corrected chi connectivity index (χ2v) is 3.14. The molecule has 92 valence electrons. The van der Waals surface area contributed by atoms with Gasteiger partial charge in [0.05, 0.1) is 7.11 Å². The molecule has 0 saturated heterocycles. The number of carbonyl (C=O) groups is 2. The largest absolute Gasteiger partial charge is 0.493 e. The molecule has 6 heteroatoms. The van der Waals surface area contributed by atoms with Crippen molar-refractivity contribution in [3.63, 3.8) is 0 Å². The van der Waals surface area contributed by atoms with Gasteiger partial charge in [-0.3, -0.25) is 9.59 Å². The average Bonchev–Trinajstić information content (AvgIpc) is 2.28. The van der Waals surface area contributed by atoms with Crippen molar-refractivity contribution in [2.75, 3.05) is 13.7 Å². The molecule has 1 aromatic rings. The lowest BCUT2D eigenvalue weighted by molar-refractivity contribution is -0.132. The lowest BCUT2D eigenvalue weighted by Gasteiger charge is -2.11. The van der Waals surface area contributed by atoms with Gasteiger partial charge in [0.15, 0.2) is 11.4 Å². The van der Waals surface area contributed by atoms with E-state index < -0.39 is 11.9 Å². The van der Waals surface area contributed by atoms with Crippen molar-refractivity contribution in [2.24, 2.45) is 0 Å². The number of amides is 1. The summed E-state index contributed by atoms with van der Waals surface area (Å²) in [6.45, 7) is 3.48. The highest BCUT2D eigenvalue weighted by Gasteiger charge is 2.19. The third-order valence-corrected chi connectivity index (χ3v) is 1.89. The van der Waals surface area contributed by atoms with E-state index in [2.05, 4.69) is 10.3 Å². The predicted octanol–water partition coefficient (Wildman–Crippen LogP) is 0.765. The molecule has 0 radical (unpaired) electrons. The maximum absolute atomic E-state index is 11.7. The molecular weight excluding hydrogens is 224 g/mol. The minimum atomic E-state index is -0.540. The predicted molar refractivity (Wildman–Crippen MR) is 60.1 cm³/mol. The van der Waals surface area contributed by atoms with Gasteiger partial charge in [0.2, 0.25) is 5.75 Å². The van der Waals surface area contributed by atoms with Crippen LogP contribution in [0, 0.1) is 0 Å². The van der Waals surface area contributed by atoms with Gasteiger partial charge in [0, 0.05) is 25.7 Å². The molecule has 17 heavy (non-hydrogen) atoms. The number of hydrogen-bond donors (Lipinski definition) is 1. The van der Waals surface area contributed by atoms with Gasteiger partial charge in [-0.25, -0.2) is 4.98 Å². The fourth-order valence-electron chi connectivity index (χ4n) is 1.24. The molecule has 0 spiro atoms. The van der Waals surface area contributed by atoms with Crippen LogP contribution in [0.4, 0.5) is 0 Å². The summed E-state index contributed by atoms with van der Waals surface area (Å²) in [5, 5.41) is 2.58. The number of nitrogens with one attached hydrogen (secondary N) is 1. The zero-order chi connectivity index (χ0) is 12.8. The third-order valence-electron chi connectivity index (χ3n) is 1.89. The number of aromatic nitrogens is 1. The van der Waals surface area contributed by atoms with Crippen LogP contribution in [0.25, 0.3) is 0 Å². The van der Waals surface area contributed by atoms with Crippen molar-refractivity contribution in [1.82, 2.24) is 10.3 Å². The quantitative estimate of drug-likeness (QED) is 0.784. The van der Waals surface area contributed by atoms with E-state index >= 15 is 0 Å². The van der Waals surface area contributed by atoms with Gasteiger partial charge >= 0.3 is 5.97 Å². The Labute approximate surface area is 98.9 Å². The number of rotatable bonds is 4. The fraction of sp³-hybridized carbons (Fsp3) is 0.364. The number of hydrogen-bond acceptors (Lipinski definition) is 5. The first-order valence-corrected chi connectivity index (χ1v) is 5.09. The molecule has 1 N–H and O–H groups in total. The first-order chi connectivity index (χ1) is 8.10. The first-order valence-electron chi connectivity index (χ1n) is 5.09. The Kier molecular flexibility index (Phi) is 4.45. The molecule has 1 heterocycles. The van der Waals surface area contributed by atoms with Crippen molar-refractivity contribution < 1.29 is 19.1 Å². The van der Waals surface area contributed by atoms with Crippen molar-refractivity contribution >= 4 is 11.9 Å². The number of methoxy groups -OCH3 is 1. The van der Waals surface area contributed by atoms with Gasteiger partial charge in [-0.15, -0.1) is 0 Å². The van der Waals surface area contributed by atoms with E-state index in [1.807, 2.05) is 0 Å². The van der Waals surface area contributed by atoms with Crippen LogP contribution in [-0.4, -0.2) is 30.5 Å². The highest BCUT2D eigenvalue weighted by Crippen LogP contribution is 2.29. The topological polar surface area (TPSA) is 77.5 Å². The van der Waals surface area contributed by atoms with Crippen LogP contribution in [0.3, 0.4) is 0 Å². The Hall–Kier alpha value is -2.11. The Morgan fingerprint density at radius 1 is 1.47 bits per heavy atom. The molecule has 0 aromatic carbocycles. The summed E-state index contributed by atoms with van der Waals surface area (Å²) in [7, 11) is 1.42. The number of pyridine rings is 1. The monoisotopic (exact) mass is 238 g/mol. The molecule has 1 amide bonds. The van der Waals surface area contributed by atoms with E-state index in [1.54, 1.807) is 6.92 Å². The summed E-state index contributed by atoms with van der Waals surface area (Å²) in [6.07, 6.45) is 1.41. The van der Waals surface area contributed by atoms with Crippen LogP contribution in [0.5, 0.6) is 11.5 Å². The second kappa shape index (κ2) is 5.83. The second-order valence-electron chi connectivity index (χ2n) is 3.14. The van der Waals surface area contributed by atoms with Crippen LogP contribution in [0.15, 0.2) is 12.3 Å². The molecule has 6 nitrogen and oxygen atoms in total. The molecule has 0 aliphatic carbocycles. The van der Waals surface area contributed by atoms with E-state index in [0.29, 0.717) is 6.54 Å². The van der Waals surface area contributed by atoms with E-state index in [0.717, 1.165) is 0 Å². The van der Waals surface area contributed by atoms with Crippen molar-refractivity contribution in [2.45, 2.75) is 13.8 Å². The molecule has 0 bridgehead atoms. The van der Waals surface area contributed by atoms with Crippen molar-refractivity contribution in [3.05, 3.63) is 18.0 Å². The zero-order valence-corrected chi connectivity index (χ0v) is 9.94. The van der Waals surface area contributed by atoms with Gasteiger partial charge in [0.1, 0.15) is 0 Å². The van der Waals surface area contributed by atoms with Crippen LogP contribution in [0.2, 0.25) is 0 Å². The summed E-state index contributed by atoms with van der Waals surface area (Å²) in [5.74, 6) is -0.630. The van der Waals surface area contributed by atoms with E-state index in [9.17, 15) is 9.59 Å². The summed E-state index contributed by atoms with van der Waals surface area (Å²) in [4.78, 5) is 26.6. The Morgan fingerprint density at radius 2 is 2.18 bits per heavy atom. The Balaban J connectivity index is 3.18. The minimum Gasteiger partial charge on any atom is -0.493 e. The van der Waals surface area contributed by atoms with Gasteiger partial charge in [-0.05, 0) is 6.92 Å². The molecular formula is C11H14N2O4. The molecule has 0 aliphatic heterocycles. The molecule has 0 atom stereocenters. The number of nitrogens with zero attached hydrogens (tertiary/aromatic N) is 1. The zero-order valence-electron chi connectivity index (χ0n) is 9.94. The first kappa shape index (κ1) is 13.0. The third kappa shape index (κ3) is 3.17. The lowest BCUT2D eigenvalue weighted by Crippen LogP contribution is -2.25. The molecule has 0 unspecified atom stereocenters. The molecule has 0 fully saturated rings. The molecule has 0 aliphatic rings. The Bertz CT molecular complexity index is 431. The van der Waals surface area contributed by atoms with Gasteiger partial charge in [-0.2, -0.15) is 0 Å². The highest BCUT2D eigenvalue weighted by atomic mass is 16.6. The van der Waals surface area contributed by atoms with Crippen LogP contribution in [-0.2, 0) is 4.79 Å². The standard InChI is InChI=1S/C11H14N2O4/c1-4-12-11(15)9-10(17-7(2)14)8(16-3)5-6-13-9/h5-6H,4H2,1-3H3,(H,12,15). The van der Waals surface area contributed by atoms with Crippen LogP contribution < -0.4 is 14.8 Å². The minimum absolute atomic E-state index is 0.0291. The Morgan fingerprint density at radius 3 is 2.71 bits per heavy atom. The maximum Gasteiger partial charge on any atom is 0.308 e. The maximum atomic E-state index is 11.7. The number of esters is 1. The average molecular weight is 238 g/mol. The highest BCUT2D eigenvalue weighted by molar-refractivity contribution is 5.96. The fourth-order valence-corrected chi connectivity index (χ4v) is 1.24. The van der Waals surface area contributed by atoms with Crippen LogP contribution >= 0.6 is 0 Å². The smallest absolute Gasteiger partial charge is 0.308 e. The van der Waals surface area contributed by atoms with Gasteiger partial charge < -0.3 is 14.8 Å². The van der Waals surface area contributed by atoms with Gasteiger partial charge in [-0.1, -0.05) is 0 Å². The number of carbonyl (C=O) groups excluding carboxylic acids is 2. The summed E-state index contributed by atoms with van der Waals surface area (Å²) >= 11 is 0. The molecule has 0 saturated carbocycles. The van der Waals surface area contributed by atoms with E-state index in [1.165, 1.54) is 26.3 Å². The van der Waals surface area contributed by atoms with E-state index in [4.69, 9.17) is 9.47 Å². The summed E-state index contributed by atoms with van der Waals surface area (Å²) < 4.78 is 9.97. The lowest BCUT2D eigenvalue weighted by atomic mass is 10.3. The molecule has 1 rings (SSSR count). The van der Waals surface area contributed by atoms with Crippen molar-refractivity contribution in [3.8, 4) is 11.5 Å². The van der Waals surface area contributed by atoms with Crippen LogP contribution in [0.1, 0.15) is 24.3 Å². The van der Waals surface area contributed by atoms with Crippen molar-refractivity contribution in [1.29, 1.82) is 0 Å². The SMILES string of the molecule is CCNC(=O)c1nccc(OC)c1OC(C)=O.